The summed E-state index contributed by atoms with van der Waals surface area (Å²) in [6.45, 7) is 0. The Kier molecular flexibility index (Phi) is 3.93. The van der Waals surface area contributed by atoms with Gasteiger partial charge in [-0.1, -0.05) is 18.2 Å². The van der Waals surface area contributed by atoms with Crippen molar-refractivity contribution in [2.75, 3.05) is 5.32 Å². The third-order valence-electron chi connectivity index (χ3n) is 2.71. The van der Waals surface area contributed by atoms with Crippen molar-refractivity contribution in [3.05, 3.63) is 65.5 Å². The Labute approximate surface area is 112 Å². The van der Waals surface area contributed by atoms with Crippen LogP contribution in [0.4, 0.5) is 18.9 Å². The molecule has 0 amide bonds. The standard InChI is InChI=1S/C14H10F3NO2/c15-8-4-1-2-7-11(8)18-13(14(19)20)12-9(16)5-3-6-10(12)17/h1-7,13,18H,(H,19,20). The van der Waals surface area contributed by atoms with Crippen LogP contribution in [0.15, 0.2) is 42.5 Å². The lowest BCUT2D eigenvalue weighted by Crippen LogP contribution is -2.23. The Morgan fingerprint density at radius 2 is 1.50 bits per heavy atom. The van der Waals surface area contributed by atoms with Gasteiger partial charge in [0.05, 0.1) is 11.3 Å². The van der Waals surface area contributed by atoms with Crippen molar-refractivity contribution in [2.24, 2.45) is 0 Å². The van der Waals surface area contributed by atoms with E-state index in [0.717, 1.165) is 24.3 Å². The summed E-state index contributed by atoms with van der Waals surface area (Å²) in [5, 5.41) is 11.4. The average Bonchev–Trinajstić information content (AvgIpc) is 2.39. The Morgan fingerprint density at radius 1 is 0.950 bits per heavy atom. The zero-order valence-electron chi connectivity index (χ0n) is 10.1. The molecule has 0 aliphatic heterocycles. The summed E-state index contributed by atoms with van der Waals surface area (Å²) in [6, 6.07) is 6.56. The van der Waals surface area contributed by atoms with Crippen LogP contribution >= 0.6 is 0 Å². The number of hydrogen-bond donors (Lipinski definition) is 2. The lowest BCUT2D eigenvalue weighted by molar-refractivity contribution is -0.138. The van der Waals surface area contributed by atoms with E-state index in [-0.39, 0.29) is 5.69 Å². The first kappa shape index (κ1) is 13.9. The number of anilines is 1. The molecule has 20 heavy (non-hydrogen) atoms. The highest BCUT2D eigenvalue weighted by Crippen LogP contribution is 2.26. The molecule has 1 unspecified atom stereocenters. The van der Waals surface area contributed by atoms with E-state index >= 15 is 0 Å². The molecule has 0 aliphatic carbocycles. The van der Waals surface area contributed by atoms with Crippen molar-refractivity contribution < 1.29 is 23.1 Å². The van der Waals surface area contributed by atoms with Crippen molar-refractivity contribution in [1.82, 2.24) is 0 Å². The highest BCUT2D eigenvalue weighted by Gasteiger charge is 2.27. The van der Waals surface area contributed by atoms with Crippen LogP contribution in [0, 0.1) is 17.5 Å². The number of para-hydroxylation sites is 1. The number of carboxylic acid groups (broad SMARTS) is 1. The molecule has 1 atom stereocenters. The molecule has 104 valence electrons. The molecule has 0 saturated carbocycles. The zero-order chi connectivity index (χ0) is 14.7. The predicted octanol–water partition coefficient (Wildman–Crippen LogP) is 3.34. The smallest absolute Gasteiger partial charge is 0.331 e. The number of nitrogens with one attached hydrogen (secondary N) is 1. The molecule has 6 heteroatoms. The molecular weight excluding hydrogens is 271 g/mol. The van der Waals surface area contributed by atoms with Gasteiger partial charge < -0.3 is 10.4 Å². The fraction of sp³-hybridized carbons (Fsp3) is 0.0714. The van der Waals surface area contributed by atoms with Crippen molar-refractivity contribution in [3.8, 4) is 0 Å². The van der Waals surface area contributed by atoms with Crippen molar-refractivity contribution in [3.63, 3.8) is 0 Å². The Hall–Kier alpha value is -2.50. The van der Waals surface area contributed by atoms with Gasteiger partial charge >= 0.3 is 5.97 Å². The van der Waals surface area contributed by atoms with Crippen LogP contribution < -0.4 is 5.32 Å². The summed E-state index contributed by atoms with van der Waals surface area (Å²) in [5.41, 5.74) is -0.814. The Bertz CT molecular complexity index is 626. The van der Waals surface area contributed by atoms with Gasteiger partial charge in [-0.25, -0.2) is 18.0 Å². The lowest BCUT2D eigenvalue weighted by Gasteiger charge is -2.17. The molecule has 0 spiro atoms. The van der Waals surface area contributed by atoms with Crippen molar-refractivity contribution in [1.29, 1.82) is 0 Å². The third-order valence-corrected chi connectivity index (χ3v) is 2.71. The van der Waals surface area contributed by atoms with Gasteiger partial charge in [-0.2, -0.15) is 0 Å². The van der Waals surface area contributed by atoms with Gasteiger partial charge in [-0.05, 0) is 24.3 Å². The van der Waals surface area contributed by atoms with Crippen LogP contribution in [-0.4, -0.2) is 11.1 Å². The summed E-state index contributed by atoms with van der Waals surface area (Å²) in [4.78, 5) is 11.2. The van der Waals surface area contributed by atoms with Gasteiger partial charge in [0, 0.05) is 0 Å². The van der Waals surface area contributed by atoms with Crippen molar-refractivity contribution in [2.45, 2.75) is 6.04 Å². The molecular formula is C14H10F3NO2. The van der Waals surface area contributed by atoms with Gasteiger partial charge in [0.2, 0.25) is 0 Å². The molecule has 0 aromatic heterocycles. The van der Waals surface area contributed by atoms with E-state index < -0.39 is 35.0 Å². The van der Waals surface area contributed by atoms with Crippen LogP contribution in [0.25, 0.3) is 0 Å². The quantitative estimate of drug-likeness (QED) is 0.903. The monoisotopic (exact) mass is 281 g/mol. The van der Waals surface area contributed by atoms with Crippen LogP contribution in [0.3, 0.4) is 0 Å². The van der Waals surface area contributed by atoms with E-state index in [9.17, 15) is 18.0 Å². The second-order valence-electron chi connectivity index (χ2n) is 4.03. The highest BCUT2D eigenvalue weighted by atomic mass is 19.1. The number of benzene rings is 2. The first-order valence-electron chi connectivity index (χ1n) is 5.68. The number of aliphatic carboxylic acids is 1. The van der Waals surface area contributed by atoms with E-state index in [2.05, 4.69) is 5.32 Å². The number of halogens is 3. The number of carboxylic acids is 1. The first-order chi connectivity index (χ1) is 9.50. The molecule has 0 bridgehead atoms. The summed E-state index contributed by atoms with van der Waals surface area (Å²) < 4.78 is 40.7. The van der Waals surface area contributed by atoms with E-state index in [4.69, 9.17) is 5.11 Å². The molecule has 0 radical (unpaired) electrons. The van der Waals surface area contributed by atoms with Crippen molar-refractivity contribution >= 4 is 11.7 Å². The SMILES string of the molecule is O=C(O)C(Nc1ccccc1F)c1c(F)cccc1F. The number of hydrogen-bond acceptors (Lipinski definition) is 2. The van der Waals surface area contributed by atoms with E-state index in [1.807, 2.05) is 0 Å². The molecule has 3 nitrogen and oxygen atoms in total. The number of rotatable bonds is 4. The lowest BCUT2D eigenvalue weighted by atomic mass is 10.0. The van der Waals surface area contributed by atoms with Crippen LogP contribution in [0.5, 0.6) is 0 Å². The minimum Gasteiger partial charge on any atom is -0.479 e. The molecule has 2 N–H and O–H groups in total. The molecule has 0 saturated heterocycles. The first-order valence-corrected chi connectivity index (χ1v) is 5.68. The molecule has 2 rings (SSSR count). The third kappa shape index (κ3) is 2.74. The molecule has 0 fully saturated rings. The largest absolute Gasteiger partial charge is 0.479 e. The predicted molar refractivity (Wildman–Crippen MR) is 66.8 cm³/mol. The molecule has 2 aromatic rings. The maximum absolute atomic E-state index is 13.6. The fourth-order valence-corrected chi connectivity index (χ4v) is 1.78. The summed E-state index contributed by atoms with van der Waals surface area (Å²) >= 11 is 0. The highest BCUT2D eigenvalue weighted by molar-refractivity contribution is 5.79. The van der Waals surface area contributed by atoms with Gasteiger partial charge in [0.1, 0.15) is 17.5 Å². The maximum atomic E-state index is 13.6. The van der Waals surface area contributed by atoms with E-state index in [0.29, 0.717) is 0 Å². The minimum atomic E-state index is -1.73. The van der Waals surface area contributed by atoms with Gasteiger partial charge in [-0.15, -0.1) is 0 Å². The zero-order valence-corrected chi connectivity index (χ0v) is 10.1. The Balaban J connectivity index is 2.43. The van der Waals surface area contributed by atoms with Crippen LogP contribution in [-0.2, 0) is 4.79 Å². The average molecular weight is 281 g/mol. The molecule has 0 aliphatic rings. The fourth-order valence-electron chi connectivity index (χ4n) is 1.78. The Morgan fingerprint density at radius 3 is 2.05 bits per heavy atom. The van der Waals surface area contributed by atoms with Gasteiger partial charge in [0.25, 0.3) is 0 Å². The van der Waals surface area contributed by atoms with E-state index in [1.165, 1.54) is 18.2 Å². The van der Waals surface area contributed by atoms with Crippen LogP contribution in [0.2, 0.25) is 0 Å². The van der Waals surface area contributed by atoms with Crippen LogP contribution in [0.1, 0.15) is 11.6 Å². The molecule has 0 heterocycles. The second-order valence-corrected chi connectivity index (χ2v) is 4.03. The van der Waals surface area contributed by atoms with Gasteiger partial charge in [-0.3, -0.25) is 0 Å². The second kappa shape index (κ2) is 5.64. The maximum Gasteiger partial charge on any atom is 0.331 e. The van der Waals surface area contributed by atoms with Gasteiger partial charge in [0.15, 0.2) is 6.04 Å². The summed E-state index contributed by atoms with van der Waals surface area (Å²) in [5.74, 6) is -4.25. The number of carbonyl (C=O) groups is 1. The molecule has 2 aromatic carbocycles. The minimum absolute atomic E-state index is 0.150. The summed E-state index contributed by atoms with van der Waals surface area (Å²) in [7, 11) is 0. The summed E-state index contributed by atoms with van der Waals surface area (Å²) in [6.07, 6.45) is 0. The topological polar surface area (TPSA) is 49.3 Å². The normalized spacial score (nSPS) is 11.9. The van der Waals surface area contributed by atoms with E-state index in [1.54, 1.807) is 0 Å².